The van der Waals surface area contributed by atoms with Gasteiger partial charge >= 0.3 is 0 Å². The molecular weight excluding hydrogens is 264 g/mol. The molecule has 118 valence electrons. The van der Waals surface area contributed by atoms with Crippen molar-refractivity contribution in [2.24, 2.45) is 0 Å². The van der Waals surface area contributed by atoms with Crippen molar-refractivity contribution in [1.82, 2.24) is 5.32 Å². The van der Waals surface area contributed by atoms with Crippen molar-refractivity contribution in [3.63, 3.8) is 0 Å². The van der Waals surface area contributed by atoms with E-state index in [1.807, 2.05) is 19.2 Å². The lowest BCUT2D eigenvalue weighted by molar-refractivity contribution is 0.297. The van der Waals surface area contributed by atoms with Crippen molar-refractivity contribution < 1.29 is 9.84 Å². The average Bonchev–Trinajstić information content (AvgIpc) is 3.05. The van der Waals surface area contributed by atoms with E-state index in [1.165, 1.54) is 36.9 Å². The fraction of sp³-hybridized carbons (Fsp3) is 0.647. The first-order chi connectivity index (χ1) is 10.2. The van der Waals surface area contributed by atoms with Crippen LogP contribution in [0.25, 0.3) is 0 Å². The fourth-order valence-electron chi connectivity index (χ4n) is 3.36. The number of benzene rings is 1. The van der Waals surface area contributed by atoms with Crippen LogP contribution in [-0.4, -0.2) is 38.5 Å². The van der Waals surface area contributed by atoms with E-state index in [4.69, 9.17) is 4.74 Å². The van der Waals surface area contributed by atoms with E-state index in [2.05, 4.69) is 23.2 Å². The number of nitrogens with one attached hydrogen (secondary N) is 1. The molecule has 2 N–H and O–H groups in total. The molecule has 1 aliphatic carbocycles. The highest BCUT2D eigenvalue weighted by Crippen LogP contribution is 2.37. The smallest absolute Gasteiger partial charge is 0.125 e. The normalized spacial score (nSPS) is 17.0. The van der Waals surface area contributed by atoms with Gasteiger partial charge < -0.3 is 20.1 Å². The van der Waals surface area contributed by atoms with Crippen LogP contribution in [0.2, 0.25) is 0 Å². The van der Waals surface area contributed by atoms with Crippen molar-refractivity contribution in [3.05, 3.63) is 23.8 Å². The first-order valence-electron chi connectivity index (χ1n) is 7.94. The molecule has 0 radical (unpaired) electrons. The minimum absolute atomic E-state index is 0.182. The van der Waals surface area contributed by atoms with Crippen LogP contribution in [-0.2, 0) is 0 Å². The molecule has 4 nitrogen and oxygen atoms in total. The molecule has 0 aromatic heterocycles. The van der Waals surface area contributed by atoms with Gasteiger partial charge in [-0.1, -0.05) is 18.9 Å². The number of aliphatic hydroxyl groups is 1. The highest BCUT2D eigenvalue weighted by molar-refractivity contribution is 5.61. The largest absolute Gasteiger partial charge is 0.496 e. The molecule has 1 unspecified atom stereocenters. The fourth-order valence-corrected chi connectivity index (χ4v) is 3.36. The molecule has 0 bridgehead atoms. The molecule has 0 saturated heterocycles. The van der Waals surface area contributed by atoms with E-state index < -0.39 is 0 Å². The van der Waals surface area contributed by atoms with Crippen molar-refractivity contribution in [3.8, 4) is 5.75 Å². The Morgan fingerprint density at radius 2 is 2.10 bits per heavy atom. The van der Waals surface area contributed by atoms with Crippen LogP contribution in [0.3, 0.4) is 0 Å². The van der Waals surface area contributed by atoms with Crippen LogP contribution in [0.1, 0.15) is 44.2 Å². The lowest BCUT2D eigenvalue weighted by Gasteiger charge is -2.34. The molecule has 2 rings (SSSR count). The first kappa shape index (κ1) is 16.1. The molecule has 1 saturated carbocycles. The molecular formula is C17H28N2O2. The number of hydrogen-bond acceptors (Lipinski definition) is 4. The van der Waals surface area contributed by atoms with Crippen LogP contribution in [0, 0.1) is 0 Å². The summed E-state index contributed by atoms with van der Waals surface area (Å²) in [5, 5.41) is 12.8. The average molecular weight is 292 g/mol. The second-order valence-corrected chi connectivity index (χ2v) is 5.76. The van der Waals surface area contributed by atoms with Crippen LogP contribution < -0.4 is 15.0 Å². The minimum Gasteiger partial charge on any atom is -0.496 e. The molecule has 21 heavy (non-hydrogen) atoms. The Morgan fingerprint density at radius 1 is 1.38 bits per heavy atom. The molecule has 0 aliphatic heterocycles. The maximum absolute atomic E-state index is 9.48. The second kappa shape index (κ2) is 7.66. The van der Waals surface area contributed by atoms with E-state index >= 15 is 0 Å². The van der Waals surface area contributed by atoms with Crippen LogP contribution in [0.5, 0.6) is 5.75 Å². The Balaban J connectivity index is 2.42. The van der Waals surface area contributed by atoms with Gasteiger partial charge in [0.2, 0.25) is 0 Å². The zero-order valence-corrected chi connectivity index (χ0v) is 13.4. The van der Waals surface area contributed by atoms with Gasteiger partial charge in [0.25, 0.3) is 0 Å². The molecule has 0 heterocycles. The molecule has 1 aromatic rings. The van der Waals surface area contributed by atoms with E-state index in [-0.39, 0.29) is 12.6 Å². The van der Waals surface area contributed by atoms with Crippen LogP contribution in [0.4, 0.5) is 5.69 Å². The summed E-state index contributed by atoms with van der Waals surface area (Å²) in [5.41, 5.74) is 2.38. The molecule has 0 spiro atoms. The van der Waals surface area contributed by atoms with E-state index in [0.29, 0.717) is 12.6 Å². The van der Waals surface area contributed by atoms with Crippen molar-refractivity contribution in [2.75, 3.05) is 32.2 Å². The summed E-state index contributed by atoms with van der Waals surface area (Å²) in [6.45, 7) is 3.01. The maximum Gasteiger partial charge on any atom is 0.125 e. The Labute approximate surface area is 128 Å². The number of aliphatic hydroxyl groups excluding tert-OH is 1. The molecule has 1 aliphatic rings. The quantitative estimate of drug-likeness (QED) is 0.811. The van der Waals surface area contributed by atoms with E-state index in [0.717, 1.165) is 5.75 Å². The number of anilines is 1. The number of hydrogen-bond donors (Lipinski definition) is 2. The predicted octanol–water partition coefficient (Wildman–Crippen LogP) is 2.72. The van der Waals surface area contributed by atoms with E-state index in [9.17, 15) is 5.11 Å². The lowest BCUT2D eigenvalue weighted by atomic mass is 10.0. The zero-order valence-electron chi connectivity index (χ0n) is 13.4. The zero-order chi connectivity index (χ0) is 15.2. The van der Waals surface area contributed by atoms with Crippen molar-refractivity contribution >= 4 is 5.69 Å². The predicted molar refractivity (Wildman–Crippen MR) is 87.2 cm³/mol. The van der Waals surface area contributed by atoms with Gasteiger partial charge in [0, 0.05) is 29.9 Å². The van der Waals surface area contributed by atoms with Crippen LogP contribution >= 0.6 is 0 Å². The molecule has 4 heteroatoms. The summed E-state index contributed by atoms with van der Waals surface area (Å²) in [6.07, 6.45) is 5.00. The van der Waals surface area contributed by atoms with Gasteiger partial charge in [0.1, 0.15) is 5.75 Å². The summed E-state index contributed by atoms with van der Waals surface area (Å²) >= 11 is 0. The Morgan fingerprint density at radius 3 is 2.67 bits per heavy atom. The third-order valence-electron chi connectivity index (χ3n) is 4.54. The van der Waals surface area contributed by atoms with Gasteiger partial charge in [-0.15, -0.1) is 0 Å². The molecule has 1 aromatic carbocycles. The summed E-state index contributed by atoms with van der Waals surface area (Å²) < 4.78 is 5.57. The standard InChI is InChI=1S/C17H28N2O2/c1-13(18-2)17-15(9-6-10-16(17)21-3)19(11-12-20)14-7-4-5-8-14/h6,9-10,13-14,18,20H,4-5,7-8,11-12H2,1-3H3. The third kappa shape index (κ3) is 3.50. The van der Waals surface area contributed by atoms with Crippen molar-refractivity contribution in [1.29, 1.82) is 0 Å². The SMILES string of the molecule is CNC(C)c1c(OC)cccc1N(CCO)C1CCCC1. The number of rotatable bonds is 7. The molecule has 1 fully saturated rings. The Bertz CT molecular complexity index is 444. The second-order valence-electron chi connectivity index (χ2n) is 5.76. The Kier molecular flexibility index (Phi) is 5.88. The summed E-state index contributed by atoms with van der Waals surface area (Å²) in [7, 11) is 3.68. The number of methoxy groups -OCH3 is 1. The van der Waals surface area contributed by atoms with Gasteiger partial charge in [-0.05, 0) is 38.9 Å². The van der Waals surface area contributed by atoms with Gasteiger partial charge in [-0.25, -0.2) is 0 Å². The van der Waals surface area contributed by atoms with Gasteiger partial charge in [-0.3, -0.25) is 0 Å². The van der Waals surface area contributed by atoms with Gasteiger partial charge in [-0.2, -0.15) is 0 Å². The first-order valence-corrected chi connectivity index (χ1v) is 7.94. The monoisotopic (exact) mass is 292 g/mol. The maximum atomic E-state index is 9.48. The van der Waals surface area contributed by atoms with Gasteiger partial charge in [0.15, 0.2) is 0 Å². The highest BCUT2D eigenvalue weighted by atomic mass is 16.5. The summed E-state index contributed by atoms with van der Waals surface area (Å²) in [6, 6.07) is 6.95. The minimum atomic E-state index is 0.182. The van der Waals surface area contributed by atoms with Gasteiger partial charge in [0.05, 0.1) is 13.7 Å². The molecule has 0 amide bonds. The molecule has 1 atom stereocenters. The summed E-state index contributed by atoms with van der Waals surface area (Å²) in [4.78, 5) is 2.37. The van der Waals surface area contributed by atoms with E-state index in [1.54, 1.807) is 7.11 Å². The third-order valence-corrected chi connectivity index (χ3v) is 4.54. The highest BCUT2D eigenvalue weighted by Gasteiger charge is 2.26. The van der Waals surface area contributed by atoms with Crippen molar-refractivity contribution in [2.45, 2.75) is 44.7 Å². The number of nitrogens with zero attached hydrogens (tertiary/aromatic N) is 1. The topological polar surface area (TPSA) is 44.7 Å². The lowest BCUT2D eigenvalue weighted by Crippen LogP contribution is -2.37. The number of ether oxygens (including phenoxy) is 1. The van der Waals surface area contributed by atoms with Crippen LogP contribution in [0.15, 0.2) is 18.2 Å². The Hall–Kier alpha value is -1.26. The summed E-state index contributed by atoms with van der Waals surface area (Å²) in [5.74, 6) is 0.912.